The Morgan fingerprint density at radius 2 is 1.91 bits per heavy atom. The number of hydrogen-bond donors (Lipinski definition) is 2. The highest BCUT2D eigenvalue weighted by Crippen LogP contribution is 2.36. The van der Waals surface area contributed by atoms with Gasteiger partial charge in [0.25, 0.3) is 0 Å². The van der Waals surface area contributed by atoms with Crippen molar-refractivity contribution in [1.29, 1.82) is 0 Å². The summed E-state index contributed by atoms with van der Waals surface area (Å²) >= 11 is 0. The topological polar surface area (TPSA) is 75.8 Å². The van der Waals surface area contributed by atoms with Gasteiger partial charge in [0, 0.05) is 12.6 Å². The summed E-state index contributed by atoms with van der Waals surface area (Å²) < 4.78 is 5.39. The van der Waals surface area contributed by atoms with E-state index in [9.17, 15) is 9.90 Å². The van der Waals surface area contributed by atoms with E-state index in [0.717, 1.165) is 18.8 Å². The van der Waals surface area contributed by atoms with Crippen LogP contribution >= 0.6 is 0 Å². The van der Waals surface area contributed by atoms with Crippen molar-refractivity contribution < 1.29 is 14.6 Å². The van der Waals surface area contributed by atoms with Crippen LogP contribution in [0.3, 0.4) is 0 Å². The molecule has 2 aliphatic rings. The Labute approximate surface area is 134 Å². The Kier molecular flexibility index (Phi) is 5.07. The number of β-amino-alcohol motifs (C(OH)–C–C–N with tert-alkyl or cyclic N) is 1. The molecule has 0 aromatic carbocycles. The molecule has 0 bridgehead atoms. The number of nitrogens with two attached hydrogens (primary N) is 1. The molecule has 0 spiro atoms. The molecule has 1 saturated heterocycles. The molecule has 1 aliphatic heterocycles. The number of aliphatic hydroxyl groups is 1. The van der Waals surface area contributed by atoms with Gasteiger partial charge in [-0.1, -0.05) is 19.8 Å². The molecule has 0 aromatic heterocycles. The normalized spacial score (nSPS) is 34.5. The van der Waals surface area contributed by atoms with Gasteiger partial charge < -0.3 is 20.5 Å². The molecule has 2 unspecified atom stereocenters. The summed E-state index contributed by atoms with van der Waals surface area (Å²) in [5, 5.41) is 10.9. The Balaban J connectivity index is 1.93. The molecule has 22 heavy (non-hydrogen) atoms. The third kappa shape index (κ3) is 4.13. The SMILES string of the molecule is CC1CCC(C(N)C2(O)CCN(C(=O)OC(C)(C)C)C2)CC1. The van der Waals surface area contributed by atoms with Gasteiger partial charge in [-0.05, 0) is 51.9 Å². The number of likely N-dealkylation sites (tertiary alicyclic amines) is 1. The standard InChI is InChI=1S/C17H32N2O3/c1-12-5-7-13(8-6-12)14(18)17(21)9-10-19(11-17)15(20)22-16(2,3)4/h12-14,21H,5-11,18H2,1-4H3. The molecule has 1 amide bonds. The molecule has 1 heterocycles. The summed E-state index contributed by atoms with van der Waals surface area (Å²) in [5.74, 6) is 1.12. The van der Waals surface area contributed by atoms with Gasteiger partial charge in [0.05, 0.1) is 12.1 Å². The lowest BCUT2D eigenvalue weighted by Gasteiger charge is -2.38. The van der Waals surface area contributed by atoms with Gasteiger partial charge in [0.2, 0.25) is 0 Å². The van der Waals surface area contributed by atoms with Crippen molar-refractivity contribution in [3.63, 3.8) is 0 Å². The third-order valence-electron chi connectivity index (χ3n) is 5.12. The lowest BCUT2D eigenvalue weighted by atomic mass is 9.74. The van der Waals surface area contributed by atoms with Crippen LogP contribution in [0.15, 0.2) is 0 Å². The van der Waals surface area contributed by atoms with Crippen molar-refractivity contribution in [2.24, 2.45) is 17.6 Å². The monoisotopic (exact) mass is 312 g/mol. The van der Waals surface area contributed by atoms with Crippen LogP contribution in [-0.2, 0) is 4.74 Å². The van der Waals surface area contributed by atoms with Gasteiger partial charge >= 0.3 is 6.09 Å². The van der Waals surface area contributed by atoms with Gasteiger partial charge in [0.15, 0.2) is 0 Å². The maximum Gasteiger partial charge on any atom is 0.410 e. The van der Waals surface area contributed by atoms with Crippen LogP contribution in [0.4, 0.5) is 4.79 Å². The molecule has 1 aliphatic carbocycles. The zero-order valence-electron chi connectivity index (χ0n) is 14.5. The lowest BCUT2D eigenvalue weighted by molar-refractivity contribution is -0.0116. The molecule has 2 atom stereocenters. The van der Waals surface area contributed by atoms with Gasteiger partial charge in [-0.15, -0.1) is 0 Å². The van der Waals surface area contributed by atoms with Crippen molar-refractivity contribution in [2.45, 2.75) is 77.0 Å². The first kappa shape index (κ1) is 17.5. The summed E-state index contributed by atoms with van der Waals surface area (Å²) in [6.07, 6.45) is 4.72. The van der Waals surface area contributed by atoms with Gasteiger partial charge in [-0.2, -0.15) is 0 Å². The number of carbonyl (C=O) groups is 1. The second-order valence-electron chi connectivity index (χ2n) is 8.30. The van der Waals surface area contributed by atoms with Crippen LogP contribution in [0.5, 0.6) is 0 Å². The van der Waals surface area contributed by atoms with Crippen LogP contribution in [0.2, 0.25) is 0 Å². The number of rotatable bonds is 2. The van der Waals surface area contributed by atoms with E-state index in [-0.39, 0.29) is 18.7 Å². The Hall–Kier alpha value is -0.810. The summed E-state index contributed by atoms with van der Waals surface area (Å²) in [5.41, 5.74) is 4.91. The smallest absolute Gasteiger partial charge is 0.410 e. The minimum Gasteiger partial charge on any atom is -0.444 e. The molecule has 5 nitrogen and oxygen atoms in total. The molecule has 1 saturated carbocycles. The molecule has 2 fully saturated rings. The van der Waals surface area contributed by atoms with Crippen molar-refractivity contribution in [3.05, 3.63) is 0 Å². The predicted octanol–water partition coefficient (Wildman–Crippen LogP) is 2.51. The number of carbonyl (C=O) groups excluding carboxylic acids is 1. The molecule has 0 aromatic rings. The van der Waals surface area contributed by atoms with Crippen LogP contribution in [0.25, 0.3) is 0 Å². The van der Waals surface area contributed by atoms with E-state index < -0.39 is 11.2 Å². The average Bonchev–Trinajstić information content (AvgIpc) is 2.81. The quantitative estimate of drug-likeness (QED) is 0.821. The van der Waals surface area contributed by atoms with Crippen LogP contribution in [0.1, 0.15) is 59.8 Å². The Bertz CT molecular complexity index is 399. The second-order valence-corrected chi connectivity index (χ2v) is 8.30. The largest absolute Gasteiger partial charge is 0.444 e. The van der Waals surface area contributed by atoms with E-state index in [0.29, 0.717) is 18.9 Å². The molecule has 0 radical (unpaired) electrons. The summed E-state index contributed by atoms with van der Waals surface area (Å²) in [6.45, 7) is 8.62. The fourth-order valence-electron chi connectivity index (χ4n) is 3.66. The molecule has 5 heteroatoms. The summed E-state index contributed by atoms with van der Waals surface area (Å²) in [7, 11) is 0. The van der Waals surface area contributed by atoms with Gasteiger partial charge in [0.1, 0.15) is 5.60 Å². The van der Waals surface area contributed by atoms with Crippen LogP contribution in [0, 0.1) is 11.8 Å². The first-order valence-corrected chi connectivity index (χ1v) is 8.56. The molecular weight excluding hydrogens is 280 g/mol. The molecular formula is C17H32N2O3. The van der Waals surface area contributed by atoms with Crippen molar-refractivity contribution >= 4 is 6.09 Å². The van der Waals surface area contributed by atoms with Crippen molar-refractivity contribution in [3.8, 4) is 0 Å². The first-order chi connectivity index (χ1) is 10.1. The second kappa shape index (κ2) is 6.36. The minimum atomic E-state index is -0.970. The van der Waals surface area contributed by atoms with E-state index in [4.69, 9.17) is 10.5 Å². The first-order valence-electron chi connectivity index (χ1n) is 8.56. The average molecular weight is 312 g/mol. The van der Waals surface area contributed by atoms with E-state index in [1.807, 2.05) is 20.8 Å². The predicted molar refractivity (Wildman–Crippen MR) is 86.5 cm³/mol. The van der Waals surface area contributed by atoms with Crippen molar-refractivity contribution in [2.75, 3.05) is 13.1 Å². The number of amides is 1. The van der Waals surface area contributed by atoms with Crippen LogP contribution in [-0.4, -0.2) is 46.4 Å². The van der Waals surface area contributed by atoms with Gasteiger partial charge in [-0.25, -0.2) is 4.79 Å². The zero-order valence-corrected chi connectivity index (χ0v) is 14.5. The molecule has 2 rings (SSSR count). The van der Waals surface area contributed by atoms with E-state index >= 15 is 0 Å². The highest BCUT2D eigenvalue weighted by molar-refractivity contribution is 5.68. The maximum atomic E-state index is 12.1. The summed E-state index contributed by atoms with van der Waals surface area (Å²) in [6, 6.07) is -0.257. The van der Waals surface area contributed by atoms with Crippen molar-refractivity contribution in [1.82, 2.24) is 4.90 Å². The number of ether oxygens (including phenoxy) is 1. The minimum absolute atomic E-state index is 0.257. The third-order valence-corrected chi connectivity index (χ3v) is 5.12. The fraction of sp³-hybridized carbons (Fsp3) is 0.941. The number of nitrogens with zero attached hydrogens (tertiary/aromatic N) is 1. The van der Waals surface area contributed by atoms with E-state index in [1.54, 1.807) is 4.90 Å². The lowest BCUT2D eigenvalue weighted by Crippen LogP contribution is -2.55. The zero-order chi connectivity index (χ0) is 16.5. The van der Waals surface area contributed by atoms with Crippen LogP contribution < -0.4 is 5.73 Å². The number of hydrogen-bond acceptors (Lipinski definition) is 4. The summed E-state index contributed by atoms with van der Waals surface area (Å²) in [4.78, 5) is 13.7. The van der Waals surface area contributed by atoms with Gasteiger partial charge in [-0.3, -0.25) is 0 Å². The fourth-order valence-corrected chi connectivity index (χ4v) is 3.66. The molecule has 128 valence electrons. The maximum absolute atomic E-state index is 12.1. The highest BCUT2D eigenvalue weighted by Gasteiger charge is 2.46. The highest BCUT2D eigenvalue weighted by atomic mass is 16.6. The Morgan fingerprint density at radius 1 is 1.32 bits per heavy atom. The molecule has 3 N–H and O–H groups in total. The van der Waals surface area contributed by atoms with E-state index in [1.165, 1.54) is 12.8 Å². The van der Waals surface area contributed by atoms with E-state index in [2.05, 4.69) is 6.92 Å². The Morgan fingerprint density at radius 3 is 2.45 bits per heavy atom.